The highest BCUT2D eigenvalue weighted by molar-refractivity contribution is 6.04. The Kier molecular flexibility index (Phi) is 4.13. The molecular formula is C19H15N3O2. The van der Waals surface area contributed by atoms with Crippen molar-refractivity contribution in [1.82, 2.24) is 4.98 Å². The average molecular weight is 317 g/mol. The molecule has 5 nitrogen and oxygen atoms in total. The van der Waals surface area contributed by atoms with E-state index in [1.165, 1.54) is 0 Å². The standard InChI is InChI=1S/C19H15N3O2/c1-12-7-9-14(10-8-12)19-22-17(13(2)24-19)18(23)21-16-6-4-3-5-15(16)11-20/h3-10H,1-2H3,(H,21,23). The van der Waals surface area contributed by atoms with Gasteiger partial charge in [0.05, 0.1) is 11.3 Å². The number of nitriles is 1. The average Bonchev–Trinajstić information content (AvgIpc) is 2.98. The molecule has 0 fully saturated rings. The summed E-state index contributed by atoms with van der Waals surface area (Å²) in [5.41, 5.74) is 2.99. The fourth-order valence-electron chi connectivity index (χ4n) is 2.30. The Labute approximate surface area is 139 Å². The molecule has 1 heterocycles. The van der Waals surface area contributed by atoms with E-state index in [0.29, 0.717) is 22.9 Å². The number of anilines is 1. The van der Waals surface area contributed by atoms with E-state index in [0.717, 1.165) is 11.1 Å². The Hall–Kier alpha value is -3.39. The summed E-state index contributed by atoms with van der Waals surface area (Å²) in [6.45, 7) is 3.69. The molecule has 0 saturated heterocycles. The van der Waals surface area contributed by atoms with E-state index in [1.54, 1.807) is 31.2 Å². The maximum atomic E-state index is 12.5. The Balaban J connectivity index is 1.88. The maximum Gasteiger partial charge on any atom is 0.277 e. The molecule has 0 saturated carbocycles. The van der Waals surface area contributed by atoms with Crippen LogP contribution in [-0.2, 0) is 0 Å². The zero-order valence-electron chi connectivity index (χ0n) is 13.3. The summed E-state index contributed by atoms with van der Waals surface area (Å²) in [5.74, 6) is 0.418. The van der Waals surface area contributed by atoms with Crippen LogP contribution in [0.5, 0.6) is 0 Å². The maximum absolute atomic E-state index is 12.5. The molecule has 5 heteroatoms. The van der Waals surface area contributed by atoms with Gasteiger partial charge >= 0.3 is 0 Å². The summed E-state index contributed by atoms with van der Waals surface area (Å²) in [6, 6.07) is 16.6. The van der Waals surface area contributed by atoms with Gasteiger partial charge in [-0.1, -0.05) is 29.8 Å². The molecule has 1 N–H and O–H groups in total. The Morgan fingerprint density at radius 3 is 2.54 bits per heavy atom. The lowest BCUT2D eigenvalue weighted by atomic mass is 10.1. The molecule has 0 atom stereocenters. The normalized spacial score (nSPS) is 10.2. The predicted octanol–water partition coefficient (Wildman–Crippen LogP) is 4.08. The van der Waals surface area contributed by atoms with E-state index in [4.69, 9.17) is 9.68 Å². The smallest absolute Gasteiger partial charge is 0.277 e. The van der Waals surface area contributed by atoms with E-state index in [9.17, 15) is 4.79 Å². The monoisotopic (exact) mass is 317 g/mol. The third-order valence-electron chi connectivity index (χ3n) is 3.61. The number of para-hydroxylation sites is 1. The van der Waals surface area contributed by atoms with Crippen LogP contribution >= 0.6 is 0 Å². The number of hydrogen-bond donors (Lipinski definition) is 1. The van der Waals surface area contributed by atoms with Crippen molar-refractivity contribution in [3.8, 4) is 17.5 Å². The quantitative estimate of drug-likeness (QED) is 0.789. The summed E-state index contributed by atoms with van der Waals surface area (Å²) in [6.07, 6.45) is 0. The van der Waals surface area contributed by atoms with E-state index >= 15 is 0 Å². The second kappa shape index (κ2) is 6.39. The number of hydrogen-bond acceptors (Lipinski definition) is 4. The van der Waals surface area contributed by atoms with Gasteiger partial charge < -0.3 is 9.73 Å². The van der Waals surface area contributed by atoms with Crippen molar-refractivity contribution < 1.29 is 9.21 Å². The van der Waals surface area contributed by atoms with Gasteiger partial charge in [0.2, 0.25) is 5.89 Å². The number of aromatic nitrogens is 1. The Morgan fingerprint density at radius 2 is 1.83 bits per heavy atom. The molecule has 0 aliphatic heterocycles. The molecule has 0 aliphatic rings. The van der Waals surface area contributed by atoms with E-state index in [1.807, 2.05) is 37.3 Å². The van der Waals surface area contributed by atoms with Gasteiger partial charge in [-0.15, -0.1) is 0 Å². The van der Waals surface area contributed by atoms with Gasteiger partial charge in [0, 0.05) is 5.56 Å². The second-order valence-electron chi connectivity index (χ2n) is 5.40. The Bertz CT molecular complexity index is 934. The van der Waals surface area contributed by atoms with Crippen LogP contribution in [0.25, 0.3) is 11.5 Å². The lowest BCUT2D eigenvalue weighted by Crippen LogP contribution is -2.14. The molecule has 0 radical (unpaired) electrons. The lowest BCUT2D eigenvalue weighted by molar-refractivity contribution is 0.102. The zero-order chi connectivity index (χ0) is 17.1. The molecule has 3 rings (SSSR count). The van der Waals surface area contributed by atoms with Crippen molar-refractivity contribution in [3.63, 3.8) is 0 Å². The predicted molar refractivity (Wildman–Crippen MR) is 90.5 cm³/mol. The minimum atomic E-state index is -0.405. The minimum absolute atomic E-state index is 0.207. The lowest BCUT2D eigenvalue weighted by Gasteiger charge is -2.04. The molecule has 3 aromatic rings. The van der Waals surface area contributed by atoms with Crippen LogP contribution in [0, 0.1) is 25.2 Å². The first-order chi connectivity index (χ1) is 11.6. The SMILES string of the molecule is Cc1ccc(-c2nc(C(=O)Nc3ccccc3C#N)c(C)o2)cc1. The number of carbonyl (C=O) groups excluding carboxylic acids is 1. The summed E-state index contributed by atoms with van der Waals surface area (Å²) in [4.78, 5) is 16.8. The van der Waals surface area contributed by atoms with Crippen LogP contribution < -0.4 is 5.32 Å². The van der Waals surface area contributed by atoms with Crippen LogP contribution in [0.2, 0.25) is 0 Å². The second-order valence-corrected chi connectivity index (χ2v) is 5.40. The van der Waals surface area contributed by atoms with Crippen molar-refractivity contribution in [3.05, 3.63) is 71.1 Å². The third-order valence-corrected chi connectivity index (χ3v) is 3.61. The zero-order valence-corrected chi connectivity index (χ0v) is 13.3. The number of nitrogens with one attached hydrogen (secondary N) is 1. The molecule has 1 amide bonds. The molecule has 24 heavy (non-hydrogen) atoms. The highest BCUT2D eigenvalue weighted by Crippen LogP contribution is 2.23. The molecule has 118 valence electrons. The summed E-state index contributed by atoms with van der Waals surface area (Å²) in [5, 5.41) is 11.8. The van der Waals surface area contributed by atoms with Crippen LogP contribution in [0.4, 0.5) is 5.69 Å². The van der Waals surface area contributed by atoms with Crippen molar-refractivity contribution in [1.29, 1.82) is 5.26 Å². The molecule has 0 spiro atoms. The number of rotatable bonds is 3. The topological polar surface area (TPSA) is 78.9 Å². The first-order valence-electron chi connectivity index (χ1n) is 7.43. The van der Waals surface area contributed by atoms with E-state index in [2.05, 4.69) is 10.3 Å². The first kappa shape index (κ1) is 15.5. The molecule has 0 unspecified atom stereocenters. The van der Waals surface area contributed by atoms with Crippen LogP contribution in [-0.4, -0.2) is 10.9 Å². The van der Waals surface area contributed by atoms with Gasteiger partial charge in [-0.25, -0.2) is 4.98 Å². The minimum Gasteiger partial charge on any atom is -0.441 e. The van der Waals surface area contributed by atoms with Gasteiger partial charge in [-0.3, -0.25) is 4.79 Å². The fraction of sp³-hybridized carbons (Fsp3) is 0.105. The molecule has 2 aromatic carbocycles. The number of amides is 1. The Morgan fingerprint density at radius 1 is 1.12 bits per heavy atom. The summed E-state index contributed by atoms with van der Waals surface area (Å²) in [7, 11) is 0. The first-order valence-corrected chi connectivity index (χ1v) is 7.43. The largest absolute Gasteiger partial charge is 0.441 e. The summed E-state index contributed by atoms with van der Waals surface area (Å²) >= 11 is 0. The molecular weight excluding hydrogens is 302 g/mol. The van der Waals surface area contributed by atoms with Crippen LogP contribution in [0.15, 0.2) is 52.9 Å². The van der Waals surface area contributed by atoms with Gasteiger partial charge in [0.15, 0.2) is 5.69 Å². The fourth-order valence-corrected chi connectivity index (χ4v) is 2.30. The number of benzene rings is 2. The van der Waals surface area contributed by atoms with Crippen molar-refractivity contribution in [2.45, 2.75) is 13.8 Å². The highest BCUT2D eigenvalue weighted by atomic mass is 16.4. The van der Waals surface area contributed by atoms with E-state index < -0.39 is 5.91 Å². The highest BCUT2D eigenvalue weighted by Gasteiger charge is 2.19. The van der Waals surface area contributed by atoms with Gasteiger partial charge in [-0.2, -0.15) is 5.26 Å². The van der Waals surface area contributed by atoms with E-state index in [-0.39, 0.29) is 5.69 Å². The number of nitrogens with zero attached hydrogens (tertiary/aromatic N) is 2. The summed E-state index contributed by atoms with van der Waals surface area (Å²) < 4.78 is 5.62. The molecule has 0 aliphatic carbocycles. The van der Waals surface area contributed by atoms with Gasteiger partial charge in [0.1, 0.15) is 11.8 Å². The van der Waals surface area contributed by atoms with Crippen molar-refractivity contribution in [2.75, 3.05) is 5.32 Å². The van der Waals surface area contributed by atoms with Gasteiger partial charge in [0.25, 0.3) is 5.91 Å². The van der Waals surface area contributed by atoms with Crippen molar-refractivity contribution >= 4 is 11.6 Å². The van der Waals surface area contributed by atoms with Gasteiger partial charge in [-0.05, 0) is 38.1 Å². The van der Waals surface area contributed by atoms with Crippen molar-refractivity contribution in [2.24, 2.45) is 0 Å². The van der Waals surface area contributed by atoms with Crippen LogP contribution in [0.1, 0.15) is 27.4 Å². The third kappa shape index (κ3) is 3.03. The molecule has 0 bridgehead atoms. The number of oxazole rings is 1. The number of carbonyl (C=O) groups is 1. The van der Waals surface area contributed by atoms with Crippen LogP contribution in [0.3, 0.4) is 0 Å². The molecule has 1 aromatic heterocycles. The number of aryl methyl sites for hydroxylation is 2.